The number of rotatable bonds is 7. The van der Waals surface area contributed by atoms with E-state index in [4.69, 9.17) is 33.0 Å². The van der Waals surface area contributed by atoms with Gasteiger partial charge in [0.2, 0.25) is 11.8 Å². The molecule has 2 N–H and O–H groups in total. The highest BCUT2D eigenvalue weighted by molar-refractivity contribution is 6.53. The van der Waals surface area contributed by atoms with Crippen LogP contribution < -0.4 is 15.0 Å². The first-order chi connectivity index (χ1) is 22.1. The summed E-state index contributed by atoms with van der Waals surface area (Å²) in [6, 6.07) is 23.6. The summed E-state index contributed by atoms with van der Waals surface area (Å²) in [5.74, 6) is -4.30. The number of nitrogens with zero attached hydrogens (tertiary/aromatic N) is 2. The third-order valence-electron chi connectivity index (χ3n) is 9.78. The molecule has 11 heteroatoms. The zero-order valence-corrected chi connectivity index (χ0v) is 26.4. The minimum Gasteiger partial charge on any atom is -0.491 e. The zero-order chi connectivity index (χ0) is 32.4. The Morgan fingerprint density at radius 1 is 0.870 bits per heavy atom. The Kier molecular flexibility index (Phi) is 7.46. The molecule has 0 radical (unpaired) electrons. The number of hydrogen-bond acceptors (Lipinski definition) is 7. The smallest absolute Gasteiger partial charge is 0.253 e. The third kappa shape index (κ3) is 4.40. The molecule has 2 aliphatic heterocycles. The van der Waals surface area contributed by atoms with Crippen LogP contribution in [0.25, 0.3) is 0 Å². The minimum absolute atomic E-state index is 0.0685. The lowest BCUT2D eigenvalue weighted by Crippen LogP contribution is -2.60. The second-order valence-electron chi connectivity index (χ2n) is 12.2. The predicted octanol–water partition coefficient (Wildman–Crippen LogP) is 4.99. The molecule has 4 amide bonds. The lowest BCUT2D eigenvalue weighted by atomic mass is 9.56. The van der Waals surface area contributed by atoms with E-state index in [0.29, 0.717) is 17.0 Å². The van der Waals surface area contributed by atoms with Gasteiger partial charge in [-0.3, -0.25) is 29.0 Å². The Hall–Kier alpha value is -4.18. The summed E-state index contributed by atoms with van der Waals surface area (Å²) in [5.41, 5.74) is 3.50. The normalized spacial score (nSPS) is 30.1. The van der Waals surface area contributed by atoms with Crippen molar-refractivity contribution in [3.8, 4) is 5.75 Å². The molecular weight excluding hydrogens is 629 g/mol. The first kappa shape index (κ1) is 30.5. The highest BCUT2D eigenvalue weighted by Gasteiger charge is 2.75. The summed E-state index contributed by atoms with van der Waals surface area (Å²) in [7, 11) is 1.36. The molecule has 0 unspecified atom stereocenters. The number of anilines is 3. The summed E-state index contributed by atoms with van der Waals surface area (Å²) in [5, 5.41) is 12.4. The standard InChI is InChI=1S/C35H31Cl2N3O6/c1-39-32(44)34(36)19-27-25(29(35(34,37)33(39)45)20-7-13-24(14-8-20)46-18-17-41)15-16-26-28(27)31(43)40(30(26)42)23-11-9-22(10-12-23)38-21-5-3-2-4-6-21/h2-15,26-29,38,41H,16-19H2,1H3/t26-,27+,28-,29-,34+,35-/m0/s1. The number of fused-ring (bicyclic) bond motifs is 4. The van der Waals surface area contributed by atoms with Gasteiger partial charge in [0, 0.05) is 24.3 Å². The van der Waals surface area contributed by atoms with Crippen molar-refractivity contribution in [3.63, 3.8) is 0 Å². The van der Waals surface area contributed by atoms with Crippen molar-refractivity contribution in [1.82, 2.24) is 4.90 Å². The average Bonchev–Trinajstić information content (AvgIpc) is 3.39. The van der Waals surface area contributed by atoms with Crippen LogP contribution in [0, 0.1) is 17.8 Å². The number of nitrogens with one attached hydrogen (secondary N) is 1. The largest absolute Gasteiger partial charge is 0.491 e. The number of alkyl halides is 2. The topological polar surface area (TPSA) is 116 Å². The molecule has 46 heavy (non-hydrogen) atoms. The number of benzene rings is 3. The number of carbonyl (C=O) groups excluding carboxylic acids is 4. The van der Waals surface area contributed by atoms with Crippen LogP contribution in [0.1, 0.15) is 24.3 Å². The number of imide groups is 2. The van der Waals surface area contributed by atoms with Crippen LogP contribution in [0.4, 0.5) is 17.1 Å². The third-order valence-corrected chi connectivity index (χ3v) is 11.2. The molecule has 9 nitrogen and oxygen atoms in total. The maximum atomic E-state index is 14.2. The molecule has 6 atom stereocenters. The molecule has 0 aromatic heterocycles. The van der Waals surface area contributed by atoms with Crippen molar-refractivity contribution < 1.29 is 29.0 Å². The lowest BCUT2D eigenvalue weighted by Gasteiger charge is -2.50. The monoisotopic (exact) mass is 659 g/mol. The fraction of sp³-hybridized carbons (Fsp3) is 0.314. The van der Waals surface area contributed by atoms with Gasteiger partial charge in [-0.2, -0.15) is 0 Å². The Morgan fingerprint density at radius 2 is 1.54 bits per heavy atom. The molecule has 236 valence electrons. The Bertz CT molecular complexity index is 1760. The average molecular weight is 661 g/mol. The van der Waals surface area contributed by atoms with Gasteiger partial charge in [-0.15, -0.1) is 23.2 Å². The van der Waals surface area contributed by atoms with Gasteiger partial charge in [0.05, 0.1) is 24.1 Å². The van der Waals surface area contributed by atoms with Crippen LogP contribution in [-0.2, 0) is 19.2 Å². The zero-order valence-electron chi connectivity index (χ0n) is 24.9. The first-order valence-electron chi connectivity index (χ1n) is 15.1. The number of aliphatic hydroxyl groups excluding tert-OH is 1. The van der Waals surface area contributed by atoms with Crippen LogP contribution in [0.3, 0.4) is 0 Å². The molecule has 2 aliphatic carbocycles. The summed E-state index contributed by atoms with van der Waals surface area (Å²) in [4.78, 5) is 54.0. The minimum atomic E-state index is -1.85. The van der Waals surface area contributed by atoms with E-state index in [9.17, 15) is 19.2 Å². The second kappa shape index (κ2) is 11.3. The summed E-state index contributed by atoms with van der Waals surface area (Å²) >= 11 is 14.5. The highest BCUT2D eigenvalue weighted by Crippen LogP contribution is 2.65. The van der Waals surface area contributed by atoms with Crippen molar-refractivity contribution in [2.45, 2.75) is 28.5 Å². The fourth-order valence-electron chi connectivity index (χ4n) is 7.67. The van der Waals surface area contributed by atoms with E-state index < -0.39 is 45.2 Å². The maximum absolute atomic E-state index is 14.2. The van der Waals surface area contributed by atoms with E-state index in [2.05, 4.69) is 5.32 Å². The molecule has 3 aromatic carbocycles. The molecular formula is C35H31Cl2N3O6. The van der Waals surface area contributed by atoms with Crippen LogP contribution in [0.2, 0.25) is 0 Å². The molecule has 2 heterocycles. The second-order valence-corrected chi connectivity index (χ2v) is 13.4. The van der Waals surface area contributed by atoms with Crippen molar-refractivity contribution in [3.05, 3.63) is 96.1 Å². The number of aliphatic hydroxyl groups is 1. The quantitative estimate of drug-likeness (QED) is 0.208. The SMILES string of the molecule is CN1C(=O)[C@]2(Cl)C[C@@H]3C(=CC[C@@H]4C(=O)N(c5ccc(Nc6ccccc6)cc5)C(=O)[C@@H]43)[C@H](c3ccc(OCCO)cc3)[C@]2(Cl)C1=O. The number of likely N-dealkylation sites (tertiary alicyclic amines) is 1. The number of allylic oxidation sites excluding steroid dienone is 2. The summed E-state index contributed by atoms with van der Waals surface area (Å²) < 4.78 is 5.52. The molecule has 3 fully saturated rings. The number of para-hydroxylation sites is 1. The van der Waals surface area contributed by atoms with Crippen molar-refractivity contribution in [2.75, 3.05) is 30.5 Å². The molecule has 4 aliphatic rings. The van der Waals surface area contributed by atoms with Gasteiger partial charge in [0.1, 0.15) is 12.4 Å². The van der Waals surface area contributed by atoms with E-state index in [1.165, 1.54) is 11.9 Å². The lowest BCUT2D eigenvalue weighted by molar-refractivity contribution is -0.138. The van der Waals surface area contributed by atoms with Crippen LogP contribution in [0.15, 0.2) is 90.5 Å². The Labute approximate surface area is 275 Å². The van der Waals surface area contributed by atoms with Gasteiger partial charge in [-0.1, -0.05) is 42.0 Å². The number of hydrogen-bond donors (Lipinski definition) is 2. The van der Waals surface area contributed by atoms with Crippen LogP contribution in [-0.4, -0.2) is 63.6 Å². The van der Waals surface area contributed by atoms with E-state index in [-0.39, 0.29) is 37.9 Å². The van der Waals surface area contributed by atoms with Gasteiger partial charge >= 0.3 is 0 Å². The molecule has 7 rings (SSSR count). The molecule has 3 aromatic rings. The van der Waals surface area contributed by atoms with Crippen molar-refractivity contribution in [2.24, 2.45) is 17.8 Å². The van der Waals surface area contributed by atoms with Crippen molar-refractivity contribution >= 4 is 63.9 Å². The number of halogens is 2. The Balaban J connectivity index is 1.25. The van der Waals surface area contributed by atoms with Crippen LogP contribution >= 0.6 is 23.2 Å². The first-order valence-corrected chi connectivity index (χ1v) is 15.9. The van der Waals surface area contributed by atoms with Gasteiger partial charge in [-0.05, 0) is 72.9 Å². The van der Waals surface area contributed by atoms with Gasteiger partial charge < -0.3 is 15.2 Å². The summed E-state index contributed by atoms with van der Waals surface area (Å²) in [6.07, 6.45) is 2.12. The van der Waals surface area contributed by atoms with Gasteiger partial charge in [0.15, 0.2) is 9.75 Å². The maximum Gasteiger partial charge on any atom is 0.253 e. The number of carbonyl (C=O) groups is 4. The number of amides is 4. The molecule has 1 saturated carbocycles. The fourth-order valence-corrected chi connectivity index (χ4v) is 8.69. The molecule has 0 spiro atoms. The van der Waals surface area contributed by atoms with E-state index >= 15 is 0 Å². The molecule has 2 saturated heterocycles. The van der Waals surface area contributed by atoms with Crippen molar-refractivity contribution in [1.29, 1.82) is 0 Å². The van der Waals surface area contributed by atoms with E-state index in [0.717, 1.165) is 21.8 Å². The van der Waals surface area contributed by atoms with E-state index in [1.807, 2.05) is 48.5 Å². The molecule has 0 bridgehead atoms. The van der Waals surface area contributed by atoms with Crippen LogP contribution in [0.5, 0.6) is 5.75 Å². The summed E-state index contributed by atoms with van der Waals surface area (Å²) in [6.45, 7) is -0.0392. The van der Waals surface area contributed by atoms with Gasteiger partial charge in [0.25, 0.3) is 11.8 Å². The van der Waals surface area contributed by atoms with Gasteiger partial charge in [-0.25, -0.2) is 0 Å². The highest BCUT2D eigenvalue weighted by atomic mass is 35.5. The van der Waals surface area contributed by atoms with E-state index in [1.54, 1.807) is 36.4 Å². The predicted molar refractivity (Wildman–Crippen MR) is 173 cm³/mol. The Morgan fingerprint density at radius 3 is 2.22 bits per heavy atom. The number of ether oxygens (including phenoxy) is 1.